The zero-order valence-corrected chi connectivity index (χ0v) is 17.1. The Bertz CT molecular complexity index is 668. The molecular formula is C18H25NO5S2. The first-order valence-electron chi connectivity index (χ1n) is 8.33. The number of hydrogen-bond acceptors (Lipinski definition) is 7. The van der Waals surface area contributed by atoms with Gasteiger partial charge in [-0.05, 0) is 41.1 Å². The molecule has 1 aliphatic heterocycles. The van der Waals surface area contributed by atoms with Crippen molar-refractivity contribution in [1.82, 2.24) is 0 Å². The molecule has 144 valence electrons. The Morgan fingerprint density at radius 3 is 2.73 bits per heavy atom. The van der Waals surface area contributed by atoms with E-state index in [9.17, 15) is 14.4 Å². The van der Waals surface area contributed by atoms with Gasteiger partial charge in [0, 0.05) is 5.75 Å². The van der Waals surface area contributed by atoms with Crippen molar-refractivity contribution < 1.29 is 23.9 Å². The number of esters is 1. The van der Waals surface area contributed by atoms with Gasteiger partial charge in [-0.1, -0.05) is 20.8 Å². The third-order valence-electron chi connectivity index (χ3n) is 4.12. The number of ether oxygens (including phenoxy) is 2. The Kier molecular flexibility index (Phi) is 6.52. The first-order chi connectivity index (χ1) is 12.0. The summed E-state index contributed by atoms with van der Waals surface area (Å²) in [6.45, 7) is 7.21. The number of carbonyl (C=O) groups excluding carboxylic acids is 3. The van der Waals surface area contributed by atoms with E-state index in [4.69, 9.17) is 15.2 Å². The summed E-state index contributed by atoms with van der Waals surface area (Å²) in [5.41, 5.74) is 4.77. The molecule has 2 rings (SSSR count). The standard InChI is InChI=1S/C18H25NO5S2/c1-17(2,3)7-13(26-10-11-5-6-25-9-11)15(21)24-14-12(20)8-23-18(14,4)16(19)22/h5-6,9,13-14H,7-8,10H2,1-4H3,(H2,19,22). The molecule has 1 amide bonds. The number of nitrogens with two attached hydrogens (primary N) is 1. The van der Waals surface area contributed by atoms with Crippen LogP contribution in [0.3, 0.4) is 0 Å². The van der Waals surface area contributed by atoms with E-state index < -0.39 is 34.6 Å². The highest BCUT2D eigenvalue weighted by Gasteiger charge is 2.53. The van der Waals surface area contributed by atoms with Crippen LogP contribution in [0.1, 0.15) is 39.7 Å². The Labute approximate surface area is 161 Å². The van der Waals surface area contributed by atoms with Gasteiger partial charge in [-0.25, -0.2) is 0 Å². The summed E-state index contributed by atoms with van der Waals surface area (Å²) in [6, 6.07) is 2.01. The summed E-state index contributed by atoms with van der Waals surface area (Å²) >= 11 is 3.07. The molecule has 0 aliphatic carbocycles. The van der Waals surface area contributed by atoms with E-state index in [1.807, 2.05) is 37.6 Å². The van der Waals surface area contributed by atoms with Crippen LogP contribution in [-0.2, 0) is 29.6 Å². The van der Waals surface area contributed by atoms with Crippen LogP contribution < -0.4 is 5.73 Å². The molecule has 2 N–H and O–H groups in total. The summed E-state index contributed by atoms with van der Waals surface area (Å²) in [4.78, 5) is 36.5. The lowest BCUT2D eigenvalue weighted by atomic mass is 9.90. The molecule has 0 bridgehead atoms. The van der Waals surface area contributed by atoms with Crippen LogP contribution in [0.4, 0.5) is 0 Å². The van der Waals surface area contributed by atoms with Gasteiger partial charge in [-0.15, -0.1) is 11.8 Å². The van der Waals surface area contributed by atoms with Crippen molar-refractivity contribution in [1.29, 1.82) is 0 Å². The van der Waals surface area contributed by atoms with Crippen LogP contribution in [0.5, 0.6) is 0 Å². The molecule has 0 spiro atoms. The fourth-order valence-electron chi connectivity index (χ4n) is 2.59. The number of carbonyl (C=O) groups is 3. The second kappa shape index (κ2) is 8.10. The number of ketones is 1. The SMILES string of the molecule is CC(C)(C)CC(SCc1ccsc1)C(=O)OC1C(=O)COC1(C)C(N)=O. The maximum atomic E-state index is 12.8. The van der Waals surface area contributed by atoms with Crippen LogP contribution in [0.15, 0.2) is 16.8 Å². The van der Waals surface area contributed by atoms with Gasteiger partial charge in [0.05, 0.1) is 0 Å². The minimum atomic E-state index is -1.61. The van der Waals surface area contributed by atoms with Gasteiger partial charge in [0.15, 0.2) is 11.7 Å². The zero-order chi connectivity index (χ0) is 19.5. The number of rotatable bonds is 7. The molecule has 1 saturated heterocycles. The van der Waals surface area contributed by atoms with Gasteiger partial charge in [-0.3, -0.25) is 14.4 Å². The molecule has 0 aromatic carbocycles. The third kappa shape index (κ3) is 5.08. The number of hydrogen-bond donors (Lipinski definition) is 1. The van der Waals surface area contributed by atoms with E-state index >= 15 is 0 Å². The fourth-order valence-corrected chi connectivity index (χ4v) is 4.75. The molecule has 3 unspecified atom stereocenters. The molecule has 2 heterocycles. The molecule has 1 fully saturated rings. The molecule has 1 aromatic rings. The molecule has 0 saturated carbocycles. The average molecular weight is 400 g/mol. The van der Waals surface area contributed by atoms with Gasteiger partial charge in [0.1, 0.15) is 11.9 Å². The molecule has 8 heteroatoms. The van der Waals surface area contributed by atoms with Gasteiger partial charge in [0.2, 0.25) is 5.78 Å². The van der Waals surface area contributed by atoms with E-state index in [1.54, 1.807) is 11.3 Å². The zero-order valence-electron chi connectivity index (χ0n) is 15.4. The first kappa shape index (κ1) is 20.9. The molecule has 26 heavy (non-hydrogen) atoms. The van der Waals surface area contributed by atoms with Gasteiger partial charge in [0.25, 0.3) is 5.91 Å². The fraction of sp³-hybridized carbons (Fsp3) is 0.611. The lowest BCUT2D eigenvalue weighted by molar-refractivity contribution is -0.165. The van der Waals surface area contributed by atoms with Crippen molar-refractivity contribution in [3.8, 4) is 0 Å². The van der Waals surface area contributed by atoms with Gasteiger partial charge < -0.3 is 15.2 Å². The highest BCUT2D eigenvalue weighted by molar-refractivity contribution is 7.99. The van der Waals surface area contributed by atoms with Crippen LogP contribution in [0, 0.1) is 5.41 Å². The lowest BCUT2D eigenvalue weighted by Gasteiger charge is -2.29. The van der Waals surface area contributed by atoms with Crippen molar-refractivity contribution in [2.45, 2.75) is 56.8 Å². The van der Waals surface area contributed by atoms with E-state index in [1.165, 1.54) is 18.7 Å². The number of thioether (sulfide) groups is 1. The average Bonchev–Trinajstić information content (AvgIpc) is 3.14. The van der Waals surface area contributed by atoms with Gasteiger partial charge in [-0.2, -0.15) is 11.3 Å². The summed E-state index contributed by atoms with van der Waals surface area (Å²) in [5.74, 6) is -1.12. The van der Waals surface area contributed by atoms with Crippen molar-refractivity contribution >= 4 is 40.8 Å². The molecular weight excluding hydrogens is 374 g/mol. The summed E-state index contributed by atoms with van der Waals surface area (Å²) in [5, 5.41) is 3.56. The highest BCUT2D eigenvalue weighted by Crippen LogP contribution is 2.33. The third-order valence-corrected chi connectivity index (χ3v) is 6.12. The van der Waals surface area contributed by atoms with E-state index in [0.29, 0.717) is 12.2 Å². The number of amides is 1. The van der Waals surface area contributed by atoms with Crippen molar-refractivity contribution in [2.24, 2.45) is 11.1 Å². The van der Waals surface area contributed by atoms with Crippen molar-refractivity contribution in [3.63, 3.8) is 0 Å². The minimum Gasteiger partial charge on any atom is -0.450 e. The summed E-state index contributed by atoms with van der Waals surface area (Å²) < 4.78 is 10.7. The van der Waals surface area contributed by atoms with E-state index in [2.05, 4.69) is 0 Å². The van der Waals surface area contributed by atoms with E-state index in [0.717, 1.165) is 5.56 Å². The molecule has 3 atom stereocenters. The highest BCUT2D eigenvalue weighted by atomic mass is 32.2. The Morgan fingerprint density at radius 2 is 2.19 bits per heavy atom. The van der Waals surface area contributed by atoms with Crippen LogP contribution in [-0.4, -0.2) is 41.2 Å². The maximum absolute atomic E-state index is 12.8. The quantitative estimate of drug-likeness (QED) is 0.708. The second-order valence-corrected chi connectivity index (χ2v) is 9.71. The Hall–Kier alpha value is -1.38. The molecule has 6 nitrogen and oxygen atoms in total. The summed E-state index contributed by atoms with van der Waals surface area (Å²) in [6.07, 6.45) is -0.716. The Balaban J connectivity index is 2.11. The number of primary amides is 1. The maximum Gasteiger partial charge on any atom is 0.319 e. The topological polar surface area (TPSA) is 95.7 Å². The summed E-state index contributed by atoms with van der Waals surface area (Å²) in [7, 11) is 0. The van der Waals surface area contributed by atoms with E-state index in [-0.39, 0.29) is 12.0 Å². The largest absolute Gasteiger partial charge is 0.450 e. The van der Waals surface area contributed by atoms with Gasteiger partial charge >= 0.3 is 5.97 Å². The normalized spacial score (nSPS) is 24.5. The second-order valence-electron chi connectivity index (χ2n) is 7.74. The monoisotopic (exact) mass is 399 g/mol. The van der Waals surface area contributed by atoms with Crippen LogP contribution >= 0.6 is 23.1 Å². The first-order valence-corrected chi connectivity index (χ1v) is 10.3. The molecule has 1 aliphatic rings. The van der Waals surface area contributed by atoms with Crippen molar-refractivity contribution in [3.05, 3.63) is 22.4 Å². The predicted molar refractivity (Wildman–Crippen MR) is 102 cm³/mol. The predicted octanol–water partition coefficient (Wildman–Crippen LogP) is 2.54. The number of Topliss-reactive ketones (excluding diaryl/α,β-unsaturated/α-hetero) is 1. The molecule has 0 radical (unpaired) electrons. The van der Waals surface area contributed by atoms with Crippen LogP contribution in [0.25, 0.3) is 0 Å². The Morgan fingerprint density at radius 1 is 1.50 bits per heavy atom. The minimum absolute atomic E-state index is 0.103. The number of thiophene rings is 1. The molecule has 1 aromatic heterocycles. The smallest absolute Gasteiger partial charge is 0.319 e. The van der Waals surface area contributed by atoms with Crippen molar-refractivity contribution in [2.75, 3.05) is 6.61 Å². The van der Waals surface area contributed by atoms with Crippen LogP contribution in [0.2, 0.25) is 0 Å². The lowest BCUT2D eigenvalue weighted by Crippen LogP contribution is -2.52.